The van der Waals surface area contributed by atoms with Crippen LogP contribution in [-0.4, -0.2) is 103 Å². The summed E-state index contributed by atoms with van der Waals surface area (Å²) in [5.41, 5.74) is 1.64. The summed E-state index contributed by atoms with van der Waals surface area (Å²) in [5.74, 6) is -0.274. The second-order valence-electron chi connectivity index (χ2n) is 10.1. The van der Waals surface area contributed by atoms with Crippen LogP contribution in [-0.2, 0) is 27.8 Å². The number of aromatic nitrogens is 2. The van der Waals surface area contributed by atoms with Gasteiger partial charge in [0.15, 0.2) is 5.01 Å². The Labute approximate surface area is 231 Å². The number of hydrogen-bond acceptors (Lipinski definition) is 7. The summed E-state index contributed by atoms with van der Waals surface area (Å²) >= 11 is 7.49. The van der Waals surface area contributed by atoms with Crippen molar-refractivity contribution in [3.63, 3.8) is 0 Å². The van der Waals surface area contributed by atoms with Crippen molar-refractivity contribution in [1.29, 1.82) is 0 Å². The van der Waals surface area contributed by atoms with E-state index in [1.807, 2.05) is 7.05 Å². The molecule has 0 spiro atoms. The van der Waals surface area contributed by atoms with Crippen molar-refractivity contribution in [2.45, 2.75) is 36.9 Å². The number of H-pyrrole nitrogens is 1. The van der Waals surface area contributed by atoms with Gasteiger partial charge < -0.3 is 19.7 Å². The molecule has 1 saturated heterocycles. The van der Waals surface area contributed by atoms with Gasteiger partial charge >= 0.3 is 0 Å². The Morgan fingerprint density at radius 3 is 2.76 bits per heavy atom. The number of nitrogens with zero attached hydrogens (tertiary/aromatic N) is 5. The molecule has 10 nitrogen and oxygen atoms in total. The van der Waals surface area contributed by atoms with Gasteiger partial charge in [-0.15, -0.1) is 11.3 Å². The quantitative estimate of drug-likeness (QED) is 0.481. The zero-order chi connectivity index (χ0) is 27.2. The third-order valence-corrected chi connectivity index (χ3v) is 10.3. The molecule has 38 heavy (non-hydrogen) atoms. The topological polar surface area (TPSA) is 110 Å². The highest BCUT2D eigenvalue weighted by atomic mass is 35.5. The van der Waals surface area contributed by atoms with Crippen LogP contribution in [0.3, 0.4) is 0 Å². The fourth-order valence-electron chi connectivity index (χ4n) is 4.97. The van der Waals surface area contributed by atoms with E-state index in [9.17, 15) is 18.0 Å². The lowest BCUT2D eigenvalue weighted by molar-refractivity contribution is -0.129. The Morgan fingerprint density at radius 2 is 2.00 bits per heavy atom. The van der Waals surface area contributed by atoms with E-state index in [1.165, 1.54) is 20.5 Å². The summed E-state index contributed by atoms with van der Waals surface area (Å²) in [6.07, 6.45) is 1.36. The number of carbonyl (C=O) groups is 2. The van der Waals surface area contributed by atoms with Gasteiger partial charge in [0.05, 0.1) is 5.69 Å². The van der Waals surface area contributed by atoms with Crippen molar-refractivity contribution in [1.82, 2.24) is 29.0 Å². The van der Waals surface area contributed by atoms with Crippen molar-refractivity contribution in [2.75, 3.05) is 47.3 Å². The van der Waals surface area contributed by atoms with Crippen LogP contribution < -0.4 is 0 Å². The molecule has 1 aromatic carbocycles. The lowest BCUT2D eigenvalue weighted by Gasteiger charge is -2.40. The summed E-state index contributed by atoms with van der Waals surface area (Å²) in [7, 11) is 1.55. The first-order valence-corrected chi connectivity index (χ1v) is 15.1. The fourth-order valence-corrected chi connectivity index (χ4v) is 7.77. The van der Waals surface area contributed by atoms with Crippen LogP contribution in [0.5, 0.6) is 0 Å². The fraction of sp³-hybridized carbons (Fsp3) is 0.480. The van der Waals surface area contributed by atoms with E-state index < -0.39 is 16.1 Å². The molecule has 3 aromatic rings. The summed E-state index contributed by atoms with van der Waals surface area (Å²) < 4.78 is 28.6. The maximum absolute atomic E-state index is 13.6. The van der Waals surface area contributed by atoms with E-state index in [-0.39, 0.29) is 42.9 Å². The van der Waals surface area contributed by atoms with Crippen molar-refractivity contribution >= 4 is 55.7 Å². The molecular weight excluding hydrogens is 548 g/mol. The molecule has 2 aliphatic heterocycles. The number of hydrogen-bond donors (Lipinski definition) is 1. The highest BCUT2D eigenvalue weighted by Gasteiger charge is 2.38. The highest BCUT2D eigenvalue weighted by Crippen LogP contribution is 2.29. The van der Waals surface area contributed by atoms with E-state index in [0.717, 1.165) is 30.1 Å². The number of halogens is 1. The molecule has 2 amide bonds. The van der Waals surface area contributed by atoms with Gasteiger partial charge in [-0.3, -0.25) is 9.59 Å². The standard InChI is InChI=1S/C25H31ClN6O4S2/c1-29(2)23(33)7-5-18-14-31(38(35,36)22-13-16-12-17(26)4-6-19(16)27-22)10-11-32(18)25(34)24-28-20-8-9-30(3)15-21(20)37-24/h4,6,12-13,18,27H,5,7-11,14-15H2,1-3H3. The molecule has 1 atom stereocenters. The smallest absolute Gasteiger partial charge is 0.283 e. The second kappa shape index (κ2) is 10.6. The van der Waals surface area contributed by atoms with Gasteiger partial charge in [0.2, 0.25) is 5.91 Å². The zero-order valence-corrected chi connectivity index (χ0v) is 24.0. The SMILES string of the molecule is CN1CCc2nc(C(=O)N3CCN(S(=O)(=O)c4cc5cc(Cl)ccc5[nH]4)CC3CCC(=O)N(C)C)sc2C1. The Morgan fingerprint density at radius 1 is 1.21 bits per heavy atom. The Kier molecular flexibility index (Phi) is 7.53. The van der Waals surface area contributed by atoms with E-state index in [1.54, 1.807) is 43.3 Å². The van der Waals surface area contributed by atoms with Crippen LogP contribution >= 0.6 is 22.9 Å². The molecule has 0 aliphatic carbocycles. The van der Waals surface area contributed by atoms with Crippen LogP contribution in [0.15, 0.2) is 29.3 Å². The minimum atomic E-state index is -3.86. The van der Waals surface area contributed by atoms with Gasteiger partial charge in [0.1, 0.15) is 5.03 Å². The van der Waals surface area contributed by atoms with Crippen molar-refractivity contribution < 1.29 is 18.0 Å². The first-order valence-electron chi connectivity index (χ1n) is 12.5. The molecule has 2 aliphatic rings. The van der Waals surface area contributed by atoms with E-state index in [4.69, 9.17) is 11.6 Å². The number of amides is 2. The third-order valence-electron chi connectivity index (χ3n) is 7.18. The number of thiazole rings is 1. The molecule has 4 heterocycles. The Hall–Kier alpha value is -2.51. The average Bonchev–Trinajstić information content (AvgIpc) is 3.50. The van der Waals surface area contributed by atoms with Crippen molar-refractivity contribution in [3.05, 3.63) is 44.9 Å². The number of rotatable bonds is 6. The summed E-state index contributed by atoms with van der Waals surface area (Å²) in [6.45, 7) is 2.13. The lowest BCUT2D eigenvalue weighted by Crippen LogP contribution is -2.56. The predicted octanol–water partition coefficient (Wildman–Crippen LogP) is 2.65. The number of aromatic amines is 1. The molecule has 1 N–H and O–H groups in total. The molecule has 0 radical (unpaired) electrons. The van der Waals surface area contributed by atoms with Crippen LogP contribution in [0.2, 0.25) is 5.02 Å². The second-order valence-corrected chi connectivity index (χ2v) is 13.5. The lowest BCUT2D eigenvalue weighted by atomic mass is 10.1. The average molecular weight is 579 g/mol. The van der Waals surface area contributed by atoms with Crippen LogP contribution in [0.1, 0.15) is 33.2 Å². The van der Waals surface area contributed by atoms with Gasteiger partial charge in [-0.05, 0) is 37.7 Å². The largest absolute Gasteiger partial charge is 0.349 e. The number of likely N-dealkylation sites (N-methyl/N-ethyl adjacent to an activating group) is 1. The van der Waals surface area contributed by atoms with Gasteiger partial charge in [0, 0.05) is 86.5 Å². The van der Waals surface area contributed by atoms with Crippen LogP contribution in [0.4, 0.5) is 0 Å². The summed E-state index contributed by atoms with van der Waals surface area (Å²) in [5, 5.41) is 1.73. The minimum Gasteiger partial charge on any atom is -0.349 e. The van der Waals surface area contributed by atoms with E-state index in [0.29, 0.717) is 27.4 Å². The van der Waals surface area contributed by atoms with Crippen LogP contribution in [0, 0.1) is 0 Å². The number of piperazine rings is 1. The molecule has 204 valence electrons. The molecule has 0 bridgehead atoms. The van der Waals surface area contributed by atoms with Crippen molar-refractivity contribution in [2.24, 2.45) is 0 Å². The summed E-state index contributed by atoms with van der Waals surface area (Å²) in [6, 6.07) is 6.28. The number of benzene rings is 1. The van der Waals surface area contributed by atoms with E-state index >= 15 is 0 Å². The molecule has 5 rings (SSSR count). The molecular formula is C25H31ClN6O4S2. The first-order chi connectivity index (χ1) is 18.0. The highest BCUT2D eigenvalue weighted by molar-refractivity contribution is 7.89. The first kappa shape index (κ1) is 27.1. The predicted molar refractivity (Wildman–Crippen MR) is 147 cm³/mol. The molecule has 1 fully saturated rings. The molecule has 13 heteroatoms. The molecule has 2 aromatic heterocycles. The third kappa shape index (κ3) is 5.32. The minimum absolute atomic E-state index is 0.0716. The monoisotopic (exact) mass is 578 g/mol. The molecule has 1 unspecified atom stereocenters. The normalized spacial score (nSPS) is 19.1. The van der Waals surface area contributed by atoms with Gasteiger partial charge in [0.25, 0.3) is 15.9 Å². The number of carbonyl (C=O) groups excluding carboxylic acids is 2. The van der Waals surface area contributed by atoms with Gasteiger partial charge in [-0.2, -0.15) is 4.31 Å². The molecule has 0 saturated carbocycles. The van der Waals surface area contributed by atoms with Gasteiger partial charge in [-0.1, -0.05) is 11.6 Å². The Balaban J connectivity index is 1.39. The number of nitrogens with one attached hydrogen (secondary N) is 1. The van der Waals surface area contributed by atoms with Crippen LogP contribution in [0.25, 0.3) is 10.9 Å². The summed E-state index contributed by atoms with van der Waals surface area (Å²) in [4.78, 5) is 40.2. The van der Waals surface area contributed by atoms with Crippen molar-refractivity contribution in [3.8, 4) is 0 Å². The number of sulfonamides is 1. The maximum atomic E-state index is 13.6. The number of fused-ring (bicyclic) bond motifs is 2. The maximum Gasteiger partial charge on any atom is 0.283 e. The Bertz CT molecular complexity index is 1480. The van der Waals surface area contributed by atoms with Gasteiger partial charge in [-0.25, -0.2) is 13.4 Å². The zero-order valence-electron chi connectivity index (χ0n) is 21.6. The van der Waals surface area contributed by atoms with E-state index in [2.05, 4.69) is 14.9 Å².